The van der Waals surface area contributed by atoms with Crippen LogP contribution < -0.4 is 5.32 Å². The number of nitrogens with one attached hydrogen (secondary N) is 1. The second-order valence-corrected chi connectivity index (χ2v) is 5.19. The summed E-state index contributed by atoms with van der Waals surface area (Å²) in [6.45, 7) is 9.04. The lowest BCUT2D eigenvalue weighted by Crippen LogP contribution is -2.42. The predicted octanol–water partition coefficient (Wildman–Crippen LogP) is 1.65. The van der Waals surface area contributed by atoms with Gasteiger partial charge in [0.25, 0.3) is 0 Å². The molecule has 1 saturated heterocycles. The lowest BCUT2D eigenvalue weighted by Gasteiger charge is -2.34. The van der Waals surface area contributed by atoms with E-state index in [4.69, 9.17) is 0 Å². The molecule has 0 spiro atoms. The molecule has 0 amide bonds. The highest BCUT2D eigenvalue weighted by molar-refractivity contribution is 5.69. The fourth-order valence-electron chi connectivity index (χ4n) is 2.60. The van der Waals surface area contributed by atoms with Crippen LogP contribution in [0.2, 0.25) is 0 Å². The first-order chi connectivity index (χ1) is 8.67. The number of carbonyl (C=O) groups excluding carboxylic acids is 1. The molecule has 1 atom stereocenters. The van der Waals surface area contributed by atoms with E-state index in [9.17, 15) is 4.79 Å². The minimum absolute atomic E-state index is 0.110. The molecule has 0 aromatic heterocycles. The topological polar surface area (TPSA) is 41.6 Å². The largest absolute Gasteiger partial charge is 0.469 e. The van der Waals surface area contributed by atoms with Crippen molar-refractivity contribution in [1.29, 1.82) is 0 Å². The van der Waals surface area contributed by atoms with Crippen LogP contribution in [0.15, 0.2) is 0 Å². The van der Waals surface area contributed by atoms with Crippen molar-refractivity contribution in [3.63, 3.8) is 0 Å². The van der Waals surface area contributed by atoms with E-state index in [-0.39, 0.29) is 5.97 Å². The second-order valence-electron chi connectivity index (χ2n) is 5.19. The van der Waals surface area contributed by atoms with E-state index >= 15 is 0 Å². The van der Waals surface area contributed by atoms with Crippen LogP contribution in [0.1, 0.15) is 39.5 Å². The number of ether oxygens (including phenoxy) is 1. The summed E-state index contributed by atoms with van der Waals surface area (Å²) in [6.07, 6.45) is 3.97. The van der Waals surface area contributed by atoms with Gasteiger partial charge in [0.1, 0.15) is 0 Å². The molecule has 0 aromatic rings. The molecule has 106 valence electrons. The monoisotopic (exact) mass is 256 g/mol. The molecular formula is C14H28N2O2. The first-order valence-corrected chi connectivity index (χ1v) is 7.20. The zero-order chi connectivity index (χ0) is 13.4. The number of esters is 1. The Kier molecular flexibility index (Phi) is 7.28. The summed E-state index contributed by atoms with van der Waals surface area (Å²) in [7, 11) is 1.44. The third kappa shape index (κ3) is 5.36. The van der Waals surface area contributed by atoms with Gasteiger partial charge in [0.2, 0.25) is 0 Å². The molecule has 0 saturated carbocycles. The van der Waals surface area contributed by atoms with Crippen LogP contribution in [0.3, 0.4) is 0 Å². The smallest absolute Gasteiger partial charge is 0.305 e. The van der Waals surface area contributed by atoms with E-state index in [1.165, 1.54) is 39.6 Å². The SMILES string of the molecule is CCN1CCC(C(C)NCCCC(=O)OC)CC1. The normalized spacial score (nSPS) is 19.7. The zero-order valence-electron chi connectivity index (χ0n) is 12.1. The molecule has 0 bridgehead atoms. The van der Waals surface area contributed by atoms with E-state index < -0.39 is 0 Å². The molecular weight excluding hydrogens is 228 g/mol. The average Bonchev–Trinajstić information content (AvgIpc) is 2.43. The number of piperidine rings is 1. The summed E-state index contributed by atoms with van der Waals surface area (Å²) in [6, 6.07) is 0.557. The average molecular weight is 256 g/mol. The second kappa shape index (κ2) is 8.48. The molecule has 1 aliphatic rings. The molecule has 1 fully saturated rings. The van der Waals surface area contributed by atoms with Crippen molar-refractivity contribution in [1.82, 2.24) is 10.2 Å². The van der Waals surface area contributed by atoms with Crippen LogP contribution in [0.25, 0.3) is 0 Å². The van der Waals surface area contributed by atoms with Gasteiger partial charge in [-0.15, -0.1) is 0 Å². The zero-order valence-corrected chi connectivity index (χ0v) is 12.1. The molecule has 0 radical (unpaired) electrons. The standard InChI is InChI=1S/C14H28N2O2/c1-4-16-10-7-13(8-11-16)12(2)15-9-5-6-14(17)18-3/h12-13,15H,4-11H2,1-3H3. The highest BCUT2D eigenvalue weighted by Crippen LogP contribution is 2.20. The van der Waals surface area contributed by atoms with Gasteiger partial charge in [-0.1, -0.05) is 6.92 Å². The Hall–Kier alpha value is -0.610. The number of hydrogen-bond acceptors (Lipinski definition) is 4. The van der Waals surface area contributed by atoms with Gasteiger partial charge >= 0.3 is 5.97 Å². The maximum absolute atomic E-state index is 11.0. The van der Waals surface area contributed by atoms with E-state index in [1.807, 2.05) is 0 Å². The van der Waals surface area contributed by atoms with Crippen molar-refractivity contribution < 1.29 is 9.53 Å². The molecule has 0 aromatic carbocycles. The Morgan fingerprint density at radius 2 is 2.11 bits per heavy atom. The highest BCUT2D eigenvalue weighted by Gasteiger charge is 2.22. The maximum atomic E-state index is 11.0. The Balaban J connectivity index is 2.10. The molecule has 4 heteroatoms. The lowest BCUT2D eigenvalue weighted by molar-refractivity contribution is -0.140. The summed E-state index contributed by atoms with van der Waals surface area (Å²) in [5.74, 6) is 0.673. The Morgan fingerprint density at radius 3 is 2.67 bits per heavy atom. The molecule has 1 unspecified atom stereocenters. The van der Waals surface area contributed by atoms with Gasteiger partial charge in [-0.3, -0.25) is 4.79 Å². The van der Waals surface area contributed by atoms with Crippen molar-refractivity contribution >= 4 is 5.97 Å². The maximum Gasteiger partial charge on any atom is 0.305 e. The van der Waals surface area contributed by atoms with Crippen molar-refractivity contribution in [3.05, 3.63) is 0 Å². The lowest BCUT2D eigenvalue weighted by atomic mass is 9.90. The van der Waals surface area contributed by atoms with Crippen LogP contribution in [-0.4, -0.2) is 50.2 Å². The van der Waals surface area contributed by atoms with E-state index in [2.05, 4.69) is 28.8 Å². The molecule has 1 rings (SSSR count). The Morgan fingerprint density at radius 1 is 1.44 bits per heavy atom. The first kappa shape index (κ1) is 15.4. The molecule has 4 nitrogen and oxygen atoms in total. The van der Waals surface area contributed by atoms with Gasteiger partial charge in [0.15, 0.2) is 0 Å². The molecule has 1 N–H and O–H groups in total. The van der Waals surface area contributed by atoms with Gasteiger partial charge in [0.05, 0.1) is 7.11 Å². The molecule has 0 aliphatic carbocycles. The number of hydrogen-bond donors (Lipinski definition) is 1. The summed E-state index contributed by atoms with van der Waals surface area (Å²) in [4.78, 5) is 13.5. The number of nitrogens with zero attached hydrogens (tertiary/aromatic N) is 1. The molecule has 1 heterocycles. The van der Waals surface area contributed by atoms with Crippen molar-refractivity contribution in [3.8, 4) is 0 Å². The minimum atomic E-state index is -0.110. The van der Waals surface area contributed by atoms with Crippen molar-refractivity contribution in [2.45, 2.75) is 45.6 Å². The van der Waals surface area contributed by atoms with Crippen LogP contribution >= 0.6 is 0 Å². The fraction of sp³-hybridized carbons (Fsp3) is 0.929. The number of likely N-dealkylation sites (tertiary alicyclic amines) is 1. The number of methoxy groups -OCH3 is 1. The molecule has 18 heavy (non-hydrogen) atoms. The summed E-state index contributed by atoms with van der Waals surface area (Å²) in [5, 5.41) is 3.54. The number of carbonyl (C=O) groups is 1. The number of rotatable bonds is 7. The van der Waals surface area contributed by atoms with E-state index in [1.54, 1.807) is 0 Å². The predicted molar refractivity (Wildman–Crippen MR) is 73.6 cm³/mol. The van der Waals surface area contributed by atoms with Crippen LogP contribution in [0.4, 0.5) is 0 Å². The van der Waals surface area contributed by atoms with Crippen LogP contribution in [0.5, 0.6) is 0 Å². The third-order valence-electron chi connectivity index (χ3n) is 4.04. The Bertz CT molecular complexity index is 238. The van der Waals surface area contributed by atoms with Gasteiger partial charge in [-0.25, -0.2) is 0 Å². The van der Waals surface area contributed by atoms with Gasteiger partial charge < -0.3 is 15.0 Å². The third-order valence-corrected chi connectivity index (χ3v) is 4.04. The van der Waals surface area contributed by atoms with Crippen molar-refractivity contribution in [2.24, 2.45) is 5.92 Å². The van der Waals surface area contributed by atoms with E-state index in [0.29, 0.717) is 12.5 Å². The first-order valence-electron chi connectivity index (χ1n) is 7.20. The van der Waals surface area contributed by atoms with E-state index in [0.717, 1.165) is 18.9 Å². The minimum Gasteiger partial charge on any atom is -0.469 e. The van der Waals surface area contributed by atoms with Gasteiger partial charge in [-0.05, 0) is 58.3 Å². The fourth-order valence-corrected chi connectivity index (χ4v) is 2.60. The quantitative estimate of drug-likeness (QED) is 0.555. The molecule has 1 aliphatic heterocycles. The summed E-state index contributed by atoms with van der Waals surface area (Å²) in [5.41, 5.74) is 0. The van der Waals surface area contributed by atoms with Crippen molar-refractivity contribution in [2.75, 3.05) is 33.3 Å². The van der Waals surface area contributed by atoms with Crippen LogP contribution in [0, 0.1) is 5.92 Å². The summed E-state index contributed by atoms with van der Waals surface area (Å²) >= 11 is 0. The van der Waals surface area contributed by atoms with Gasteiger partial charge in [0, 0.05) is 12.5 Å². The van der Waals surface area contributed by atoms with Gasteiger partial charge in [-0.2, -0.15) is 0 Å². The summed E-state index contributed by atoms with van der Waals surface area (Å²) < 4.78 is 4.63. The van der Waals surface area contributed by atoms with Crippen LogP contribution in [-0.2, 0) is 9.53 Å². The Labute approximate surface area is 111 Å². The highest BCUT2D eigenvalue weighted by atomic mass is 16.5.